The summed E-state index contributed by atoms with van der Waals surface area (Å²) >= 11 is 3.58. The molecule has 3 rings (SSSR count). The van der Waals surface area contributed by atoms with Crippen molar-refractivity contribution >= 4 is 39.1 Å². The van der Waals surface area contributed by atoms with Gasteiger partial charge in [0.2, 0.25) is 11.8 Å². The van der Waals surface area contributed by atoms with E-state index in [0.717, 1.165) is 28.1 Å². The van der Waals surface area contributed by atoms with Crippen molar-refractivity contribution in [2.24, 2.45) is 0 Å². The van der Waals surface area contributed by atoms with Gasteiger partial charge in [-0.2, -0.15) is 0 Å². The lowest BCUT2D eigenvalue weighted by molar-refractivity contribution is -0.117. The highest BCUT2D eigenvalue weighted by Crippen LogP contribution is 2.36. The minimum absolute atomic E-state index is 0.104. The SMILES string of the molecule is CCN(CC(=O)Nc1ccc(NC(C)=O)cc1)Cc1cc2c(cc1Br)OCCO2. The third kappa shape index (κ3) is 5.95. The van der Waals surface area contributed by atoms with Gasteiger partial charge < -0.3 is 20.1 Å². The number of benzene rings is 2. The van der Waals surface area contributed by atoms with E-state index < -0.39 is 0 Å². The fourth-order valence-electron chi connectivity index (χ4n) is 2.99. The molecular weight excluding hydrogens is 438 g/mol. The van der Waals surface area contributed by atoms with Crippen molar-refractivity contribution in [1.82, 2.24) is 4.90 Å². The molecule has 0 aromatic heterocycles. The number of halogens is 1. The number of amides is 2. The van der Waals surface area contributed by atoms with Crippen LogP contribution in [-0.4, -0.2) is 43.0 Å². The van der Waals surface area contributed by atoms with Gasteiger partial charge >= 0.3 is 0 Å². The Morgan fingerprint density at radius 2 is 1.62 bits per heavy atom. The van der Waals surface area contributed by atoms with Crippen molar-refractivity contribution in [3.05, 3.63) is 46.4 Å². The van der Waals surface area contributed by atoms with E-state index in [-0.39, 0.29) is 18.4 Å². The molecular formula is C21H24BrN3O4. The number of likely N-dealkylation sites (N-methyl/N-ethyl adjacent to an activating group) is 1. The van der Waals surface area contributed by atoms with Gasteiger partial charge in [-0.3, -0.25) is 14.5 Å². The zero-order valence-electron chi connectivity index (χ0n) is 16.5. The lowest BCUT2D eigenvalue weighted by Gasteiger charge is -2.23. The van der Waals surface area contributed by atoms with Crippen LogP contribution < -0.4 is 20.1 Å². The number of rotatable bonds is 7. The maximum Gasteiger partial charge on any atom is 0.238 e. The number of nitrogens with one attached hydrogen (secondary N) is 2. The molecule has 0 spiro atoms. The Morgan fingerprint density at radius 3 is 2.21 bits per heavy atom. The third-order valence-corrected chi connectivity index (χ3v) is 5.15. The van der Waals surface area contributed by atoms with Crippen molar-refractivity contribution in [2.75, 3.05) is 36.9 Å². The van der Waals surface area contributed by atoms with E-state index in [4.69, 9.17) is 9.47 Å². The molecule has 2 aromatic rings. The Morgan fingerprint density at radius 1 is 1.03 bits per heavy atom. The Labute approximate surface area is 178 Å². The van der Waals surface area contributed by atoms with Crippen molar-refractivity contribution in [1.29, 1.82) is 0 Å². The molecule has 2 aromatic carbocycles. The van der Waals surface area contributed by atoms with Crippen molar-refractivity contribution in [3.63, 3.8) is 0 Å². The highest BCUT2D eigenvalue weighted by Gasteiger charge is 2.17. The van der Waals surface area contributed by atoms with Gasteiger partial charge in [-0.25, -0.2) is 0 Å². The van der Waals surface area contributed by atoms with E-state index in [2.05, 4.69) is 26.6 Å². The van der Waals surface area contributed by atoms with Gasteiger partial charge in [0, 0.05) is 29.3 Å². The van der Waals surface area contributed by atoms with Gasteiger partial charge in [0.25, 0.3) is 0 Å². The smallest absolute Gasteiger partial charge is 0.238 e. The predicted octanol–water partition coefficient (Wildman–Crippen LogP) is 3.64. The molecule has 7 nitrogen and oxygen atoms in total. The average Bonchev–Trinajstić information content (AvgIpc) is 2.69. The molecule has 1 heterocycles. The zero-order valence-corrected chi connectivity index (χ0v) is 18.0. The van der Waals surface area contributed by atoms with E-state index in [9.17, 15) is 9.59 Å². The first-order valence-corrected chi connectivity index (χ1v) is 10.2. The number of ether oxygens (including phenoxy) is 2. The number of fused-ring (bicyclic) bond motifs is 1. The molecule has 2 N–H and O–H groups in total. The highest BCUT2D eigenvalue weighted by molar-refractivity contribution is 9.10. The predicted molar refractivity (Wildman–Crippen MR) is 115 cm³/mol. The number of anilines is 2. The van der Waals surface area contributed by atoms with Crippen LogP contribution in [0.15, 0.2) is 40.9 Å². The van der Waals surface area contributed by atoms with Crippen LogP contribution in [0.5, 0.6) is 11.5 Å². The maximum absolute atomic E-state index is 12.5. The second-order valence-corrected chi connectivity index (χ2v) is 7.55. The minimum Gasteiger partial charge on any atom is -0.486 e. The summed E-state index contributed by atoms with van der Waals surface area (Å²) in [5.41, 5.74) is 2.40. The molecule has 0 fully saturated rings. The number of hydrogen-bond donors (Lipinski definition) is 2. The molecule has 0 aliphatic carbocycles. The summed E-state index contributed by atoms with van der Waals surface area (Å²) in [4.78, 5) is 25.6. The van der Waals surface area contributed by atoms with Crippen LogP contribution in [0.1, 0.15) is 19.4 Å². The molecule has 0 unspecified atom stereocenters. The standard InChI is InChI=1S/C21H24BrN3O4/c1-3-25(12-15-10-19-20(11-18(15)22)29-9-8-28-19)13-21(27)24-17-6-4-16(5-7-17)23-14(2)26/h4-7,10-11H,3,8-9,12-13H2,1-2H3,(H,23,26)(H,24,27). The fraction of sp³-hybridized carbons (Fsp3) is 0.333. The minimum atomic E-state index is -0.134. The quantitative estimate of drug-likeness (QED) is 0.657. The zero-order chi connectivity index (χ0) is 20.8. The Bertz CT molecular complexity index is 886. The molecule has 0 radical (unpaired) electrons. The first-order valence-electron chi connectivity index (χ1n) is 9.42. The summed E-state index contributed by atoms with van der Waals surface area (Å²) in [5.74, 6) is 1.23. The summed E-state index contributed by atoms with van der Waals surface area (Å²) in [7, 11) is 0. The molecule has 0 atom stereocenters. The largest absolute Gasteiger partial charge is 0.486 e. The van der Waals surface area contributed by atoms with E-state index in [1.54, 1.807) is 24.3 Å². The van der Waals surface area contributed by atoms with Crippen LogP contribution >= 0.6 is 15.9 Å². The van der Waals surface area contributed by atoms with Gasteiger partial charge in [0.05, 0.1) is 6.54 Å². The van der Waals surface area contributed by atoms with Gasteiger partial charge in [-0.1, -0.05) is 22.9 Å². The molecule has 0 saturated heterocycles. The number of carbonyl (C=O) groups is 2. The summed E-state index contributed by atoms with van der Waals surface area (Å²) in [6.07, 6.45) is 0. The fourth-order valence-corrected chi connectivity index (χ4v) is 3.44. The van der Waals surface area contributed by atoms with Crippen molar-refractivity contribution < 1.29 is 19.1 Å². The van der Waals surface area contributed by atoms with Crippen LogP contribution in [-0.2, 0) is 16.1 Å². The lowest BCUT2D eigenvalue weighted by atomic mass is 10.1. The summed E-state index contributed by atoms with van der Waals surface area (Å²) in [6.45, 7) is 6.13. The first kappa shape index (κ1) is 21.1. The van der Waals surface area contributed by atoms with Crippen LogP contribution in [0.2, 0.25) is 0 Å². The van der Waals surface area contributed by atoms with Crippen molar-refractivity contribution in [2.45, 2.75) is 20.4 Å². The van der Waals surface area contributed by atoms with Crippen LogP contribution in [0.25, 0.3) is 0 Å². The van der Waals surface area contributed by atoms with Gasteiger partial charge in [-0.15, -0.1) is 0 Å². The van der Waals surface area contributed by atoms with E-state index in [1.807, 2.05) is 24.0 Å². The second-order valence-electron chi connectivity index (χ2n) is 6.70. The Balaban J connectivity index is 1.59. The van der Waals surface area contributed by atoms with E-state index in [0.29, 0.717) is 31.1 Å². The third-order valence-electron chi connectivity index (χ3n) is 4.41. The van der Waals surface area contributed by atoms with Gasteiger partial charge in [-0.05, 0) is 48.5 Å². The Hall–Kier alpha value is -2.58. The van der Waals surface area contributed by atoms with Crippen LogP contribution in [0, 0.1) is 0 Å². The van der Waals surface area contributed by atoms with Crippen LogP contribution in [0.3, 0.4) is 0 Å². The molecule has 2 amide bonds. The van der Waals surface area contributed by atoms with Crippen LogP contribution in [0.4, 0.5) is 11.4 Å². The average molecular weight is 462 g/mol. The number of carbonyl (C=O) groups excluding carboxylic acids is 2. The number of nitrogens with zero attached hydrogens (tertiary/aromatic N) is 1. The first-order chi connectivity index (χ1) is 13.9. The second kappa shape index (κ2) is 9.76. The molecule has 0 saturated carbocycles. The Kier molecular flexibility index (Phi) is 7.11. The molecule has 1 aliphatic rings. The summed E-state index contributed by atoms with van der Waals surface area (Å²) in [5, 5.41) is 5.59. The van der Waals surface area contributed by atoms with Crippen molar-refractivity contribution in [3.8, 4) is 11.5 Å². The monoisotopic (exact) mass is 461 g/mol. The topological polar surface area (TPSA) is 79.9 Å². The molecule has 0 bridgehead atoms. The summed E-state index contributed by atoms with van der Waals surface area (Å²) < 4.78 is 12.2. The normalized spacial score (nSPS) is 12.6. The van der Waals surface area contributed by atoms with Gasteiger partial charge in [0.15, 0.2) is 11.5 Å². The summed E-state index contributed by atoms with van der Waals surface area (Å²) in [6, 6.07) is 10.9. The number of hydrogen-bond acceptors (Lipinski definition) is 5. The van der Waals surface area contributed by atoms with Gasteiger partial charge in [0.1, 0.15) is 13.2 Å². The molecule has 8 heteroatoms. The molecule has 29 heavy (non-hydrogen) atoms. The van der Waals surface area contributed by atoms with E-state index in [1.165, 1.54) is 6.92 Å². The maximum atomic E-state index is 12.5. The highest BCUT2D eigenvalue weighted by atomic mass is 79.9. The molecule has 154 valence electrons. The van der Waals surface area contributed by atoms with E-state index >= 15 is 0 Å². The lowest BCUT2D eigenvalue weighted by Crippen LogP contribution is -2.33. The molecule has 1 aliphatic heterocycles.